The Kier molecular flexibility index (Phi) is 5.40. The summed E-state index contributed by atoms with van der Waals surface area (Å²) in [7, 11) is 0. The van der Waals surface area contributed by atoms with Crippen molar-refractivity contribution >= 4 is 11.8 Å². The van der Waals surface area contributed by atoms with Crippen molar-refractivity contribution in [2.75, 3.05) is 6.61 Å². The molecular formula is C20H20N2O5. The Hall–Kier alpha value is -3.35. The first kappa shape index (κ1) is 18.4. The molecule has 7 nitrogen and oxygen atoms in total. The highest BCUT2D eigenvalue weighted by Gasteiger charge is 2.18. The molecule has 27 heavy (non-hydrogen) atoms. The standard InChI is InChI=1S/C20H20N2O5/c1-14-10-17(15(2)22(14)11-16-6-5-9-26-16)18(23)13-27-20(25)12-21-8-4-3-7-19(21)24/h3-10H,11-13H2,1-2H3. The Morgan fingerprint density at radius 2 is 1.96 bits per heavy atom. The predicted octanol–water partition coefficient (Wildman–Crippen LogP) is 2.33. The SMILES string of the molecule is Cc1cc(C(=O)COC(=O)Cn2ccccc2=O)c(C)n1Cc1ccco1. The molecule has 0 spiro atoms. The number of aryl methyl sites for hydroxylation is 1. The lowest BCUT2D eigenvalue weighted by Crippen LogP contribution is -2.25. The first-order valence-electron chi connectivity index (χ1n) is 8.49. The van der Waals surface area contributed by atoms with Gasteiger partial charge in [-0.25, -0.2) is 0 Å². The molecule has 0 fully saturated rings. The van der Waals surface area contributed by atoms with Crippen LogP contribution in [0.4, 0.5) is 0 Å². The smallest absolute Gasteiger partial charge is 0.326 e. The van der Waals surface area contributed by atoms with Gasteiger partial charge in [0.25, 0.3) is 5.56 Å². The fourth-order valence-electron chi connectivity index (χ4n) is 2.88. The summed E-state index contributed by atoms with van der Waals surface area (Å²) in [6.07, 6.45) is 3.10. The van der Waals surface area contributed by atoms with Crippen LogP contribution >= 0.6 is 0 Å². The molecule has 0 saturated carbocycles. The number of esters is 1. The van der Waals surface area contributed by atoms with Crippen LogP contribution in [0.2, 0.25) is 0 Å². The highest BCUT2D eigenvalue weighted by molar-refractivity contribution is 5.99. The van der Waals surface area contributed by atoms with Crippen molar-refractivity contribution in [3.8, 4) is 0 Å². The number of carbonyl (C=O) groups is 2. The summed E-state index contributed by atoms with van der Waals surface area (Å²) in [5, 5.41) is 0. The second-order valence-corrected chi connectivity index (χ2v) is 6.20. The summed E-state index contributed by atoms with van der Waals surface area (Å²) in [6, 6.07) is 10.0. The molecule has 3 aromatic rings. The number of rotatable bonds is 7. The fraction of sp³-hybridized carbons (Fsp3) is 0.250. The van der Waals surface area contributed by atoms with Crippen LogP contribution in [0, 0.1) is 13.8 Å². The van der Waals surface area contributed by atoms with Crippen molar-refractivity contribution in [2.45, 2.75) is 26.9 Å². The minimum absolute atomic E-state index is 0.232. The molecule has 0 aromatic carbocycles. The number of hydrogen-bond donors (Lipinski definition) is 0. The lowest BCUT2D eigenvalue weighted by Gasteiger charge is -2.08. The summed E-state index contributed by atoms with van der Waals surface area (Å²) in [5.41, 5.74) is 1.89. The van der Waals surface area contributed by atoms with Crippen LogP contribution in [0.25, 0.3) is 0 Å². The highest BCUT2D eigenvalue weighted by Crippen LogP contribution is 2.18. The second-order valence-electron chi connectivity index (χ2n) is 6.20. The van der Waals surface area contributed by atoms with Gasteiger partial charge in [-0.2, -0.15) is 0 Å². The maximum absolute atomic E-state index is 12.5. The molecular weight excluding hydrogens is 348 g/mol. The maximum atomic E-state index is 12.5. The van der Waals surface area contributed by atoms with E-state index in [-0.39, 0.29) is 24.5 Å². The molecule has 0 unspecified atom stereocenters. The van der Waals surface area contributed by atoms with Gasteiger partial charge in [-0.15, -0.1) is 0 Å². The third kappa shape index (κ3) is 4.25. The molecule has 3 aromatic heterocycles. The molecule has 7 heteroatoms. The van der Waals surface area contributed by atoms with E-state index in [1.54, 1.807) is 24.5 Å². The van der Waals surface area contributed by atoms with E-state index < -0.39 is 5.97 Å². The van der Waals surface area contributed by atoms with E-state index in [2.05, 4.69) is 0 Å². The largest absolute Gasteiger partial charge is 0.467 e. The Labute approximate surface area is 155 Å². The van der Waals surface area contributed by atoms with Crippen LogP contribution in [0.15, 0.2) is 58.1 Å². The quantitative estimate of drug-likeness (QED) is 0.472. The average molecular weight is 368 g/mol. The maximum Gasteiger partial charge on any atom is 0.326 e. The third-order valence-corrected chi connectivity index (χ3v) is 4.33. The van der Waals surface area contributed by atoms with Crippen molar-refractivity contribution in [1.82, 2.24) is 9.13 Å². The molecule has 0 N–H and O–H groups in total. The molecule has 0 radical (unpaired) electrons. The Bertz CT molecular complexity index is 1010. The zero-order valence-electron chi connectivity index (χ0n) is 15.2. The summed E-state index contributed by atoms with van der Waals surface area (Å²) in [5.74, 6) is -0.140. The van der Waals surface area contributed by atoms with E-state index in [4.69, 9.17) is 9.15 Å². The predicted molar refractivity (Wildman–Crippen MR) is 97.7 cm³/mol. The zero-order valence-corrected chi connectivity index (χ0v) is 15.2. The number of nitrogens with zero attached hydrogens (tertiary/aromatic N) is 2. The van der Waals surface area contributed by atoms with E-state index in [1.165, 1.54) is 16.8 Å². The first-order chi connectivity index (χ1) is 13.0. The molecule has 0 saturated heterocycles. The summed E-state index contributed by atoms with van der Waals surface area (Å²) in [6.45, 7) is 3.67. The normalized spacial score (nSPS) is 10.7. The van der Waals surface area contributed by atoms with Crippen LogP contribution in [-0.4, -0.2) is 27.5 Å². The van der Waals surface area contributed by atoms with Crippen molar-refractivity contribution < 1.29 is 18.7 Å². The van der Waals surface area contributed by atoms with E-state index in [0.717, 1.165) is 17.1 Å². The number of pyridine rings is 1. The Morgan fingerprint density at radius 3 is 2.67 bits per heavy atom. The monoisotopic (exact) mass is 368 g/mol. The van der Waals surface area contributed by atoms with Gasteiger partial charge in [0.1, 0.15) is 12.3 Å². The van der Waals surface area contributed by atoms with Gasteiger partial charge in [-0.3, -0.25) is 14.4 Å². The number of ether oxygens (including phenoxy) is 1. The first-order valence-corrected chi connectivity index (χ1v) is 8.49. The molecule has 3 heterocycles. The van der Waals surface area contributed by atoms with Gasteiger partial charge >= 0.3 is 5.97 Å². The Balaban J connectivity index is 1.63. The molecule has 0 aliphatic heterocycles. The van der Waals surface area contributed by atoms with Crippen LogP contribution in [0.5, 0.6) is 0 Å². The van der Waals surface area contributed by atoms with E-state index in [9.17, 15) is 14.4 Å². The van der Waals surface area contributed by atoms with Crippen molar-refractivity contribution in [3.63, 3.8) is 0 Å². The number of aromatic nitrogens is 2. The lowest BCUT2D eigenvalue weighted by molar-refractivity contribution is -0.143. The van der Waals surface area contributed by atoms with Crippen LogP contribution in [0.1, 0.15) is 27.5 Å². The number of ketones is 1. The molecule has 3 rings (SSSR count). The summed E-state index contributed by atoms with van der Waals surface area (Å²) < 4.78 is 13.6. The van der Waals surface area contributed by atoms with Crippen LogP contribution < -0.4 is 5.56 Å². The van der Waals surface area contributed by atoms with Gasteiger partial charge in [0.05, 0.1) is 12.8 Å². The number of hydrogen-bond acceptors (Lipinski definition) is 5. The van der Waals surface area contributed by atoms with E-state index in [1.807, 2.05) is 30.5 Å². The summed E-state index contributed by atoms with van der Waals surface area (Å²) in [4.78, 5) is 36.0. The topological polar surface area (TPSA) is 83.4 Å². The van der Waals surface area contributed by atoms with Gasteiger partial charge in [0.2, 0.25) is 5.78 Å². The van der Waals surface area contributed by atoms with Gasteiger partial charge < -0.3 is 18.3 Å². The van der Waals surface area contributed by atoms with Crippen molar-refractivity contribution in [1.29, 1.82) is 0 Å². The van der Waals surface area contributed by atoms with Gasteiger partial charge in [-0.05, 0) is 38.1 Å². The van der Waals surface area contributed by atoms with Crippen LogP contribution in [0.3, 0.4) is 0 Å². The number of Topliss-reactive ketones (excluding diaryl/α,β-unsaturated/α-hetero) is 1. The van der Waals surface area contributed by atoms with Gasteiger partial charge in [0.15, 0.2) is 6.61 Å². The molecule has 0 aliphatic rings. The number of furan rings is 1. The molecule has 0 bridgehead atoms. The lowest BCUT2D eigenvalue weighted by atomic mass is 10.1. The highest BCUT2D eigenvalue weighted by atomic mass is 16.5. The van der Waals surface area contributed by atoms with Crippen molar-refractivity contribution in [3.05, 3.63) is 81.9 Å². The third-order valence-electron chi connectivity index (χ3n) is 4.33. The van der Waals surface area contributed by atoms with Crippen LogP contribution in [-0.2, 0) is 22.6 Å². The fourth-order valence-corrected chi connectivity index (χ4v) is 2.88. The molecule has 140 valence electrons. The van der Waals surface area contributed by atoms with E-state index >= 15 is 0 Å². The zero-order chi connectivity index (χ0) is 19.4. The minimum Gasteiger partial charge on any atom is -0.467 e. The second kappa shape index (κ2) is 7.90. The van der Waals surface area contributed by atoms with Gasteiger partial charge in [0, 0.05) is 29.2 Å². The van der Waals surface area contributed by atoms with E-state index in [0.29, 0.717) is 12.1 Å². The molecule has 0 atom stereocenters. The summed E-state index contributed by atoms with van der Waals surface area (Å²) >= 11 is 0. The molecule has 0 aliphatic carbocycles. The average Bonchev–Trinajstić information content (AvgIpc) is 3.25. The minimum atomic E-state index is -0.638. The Morgan fingerprint density at radius 1 is 1.15 bits per heavy atom. The van der Waals surface area contributed by atoms with Crippen molar-refractivity contribution in [2.24, 2.45) is 0 Å². The molecule has 0 amide bonds. The number of carbonyl (C=O) groups excluding carboxylic acids is 2. The van der Waals surface area contributed by atoms with Gasteiger partial charge in [-0.1, -0.05) is 6.07 Å².